The summed E-state index contributed by atoms with van der Waals surface area (Å²) < 4.78 is 10.7. The lowest BCUT2D eigenvalue weighted by atomic mass is 9.97. The van der Waals surface area contributed by atoms with Crippen molar-refractivity contribution >= 4 is 65.6 Å². The summed E-state index contributed by atoms with van der Waals surface area (Å²) in [6, 6.07) is 54.0. The van der Waals surface area contributed by atoms with Crippen molar-refractivity contribution < 1.29 is 4.42 Å². The number of nitrogens with zero attached hydrogens (tertiary/aromatic N) is 4. The van der Waals surface area contributed by atoms with Gasteiger partial charge in [-0.2, -0.15) is 10.5 Å². The van der Waals surface area contributed by atoms with E-state index in [1.54, 1.807) is 0 Å². The van der Waals surface area contributed by atoms with Crippen LogP contribution in [0.15, 0.2) is 150 Å². The van der Waals surface area contributed by atoms with Crippen LogP contribution in [-0.4, -0.2) is 9.13 Å². The molecule has 0 N–H and O–H groups in total. The van der Waals surface area contributed by atoms with Gasteiger partial charge >= 0.3 is 0 Å². The lowest BCUT2D eigenvalue weighted by molar-refractivity contribution is 0.669. The van der Waals surface area contributed by atoms with Crippen LogP contribution < -0.4 is 0 Å². The Balaban J connectivity index is 1.26. The number of benzene rings is 7. The minimum atomic E-state index is 0.544. The van der Waals surface area contributed by atoms with Crippen LogP contribution in [0.1, 0.15) is 11.1 Å². The summed E-state index contributed by atoms with van der Waals surface area (Å²) in [7, 11) is 0. The molecule has 0 aliphatic heterocycles. The van der Waals surface area contributed by atoms with Gasteiger partial charge in [0, 0.05) is 37.9 Å². The highest BCUT2D eigenvalue weighted by molar-refractivity contribution is 6.27. The van der Waals surface area contributed by atoms with Gasteiger partial charge in [0.05, 0.1) is 44.6 Å². The molecule has 0 aliphatic rings. The molecule has 3 heterocycles. The van der Waals surface area contributed by atoms with Crippen LogP contribution in [0.4, 0.5) is 0 Å². The van der Waals surface area contributed by atoms with Crippen LogP contribution in [-0.2, 0) is 0 Å². The van der Waals surface area contributed by atoms with Crippen LogP contribution >= 0.6 is 0 Å². The summed E-state index contributed by atoms with van der Waals surface area (Å²) in [5.74, 6) is 0. The number of hydrogen-bond donors (Lipinski definition) is 0. The Morgan fingerprint density at radius 2 is 1.08 bits per heavy atom. The summed E-state index contributed by atoms with van der Waals surface area (Å²) in [6.45, 7) is 0. The fourth-order valence-corrected chi connectivity index (χ4v) is 7.79. The fraction of sp³-hybridized carbons (Fsp3) is 0. The maximum absolute atomic E-state index is 10.6. The summed E-state index contributed by atoms with van der Waals surface area (Å²) in [5.41, 5.74) is 10.1. The molecule has 49 heavy (non-hydrogen) atoms. The predicted molar refractivity (Wildman–Crippen MR) is 197 cm³/mol. The van der Waals surface area contributed by atoms with Gasteiger partial charge in [-0.05, 0) is 60.2 Å². The van der Waals surface area contributed by atoms with E-state index in [0.29, 0.717) is 11.1 Å². The Morgan fingerprint density at radius 1 is 0.449 bits per heavy atom. The topological polar surface area (TPSA) is 70.6 Å². The van der Waals surface area contributed by atoms with Crippen molar-refractivity contribution in [3.8, 4) is 34.6 Å². The highest BCUT2D eigenvalue weighted by Gasteiger charge is 2.23. The van der Waals surface area contributed by atoms with Crippen molar-refractivity contribution in [2.45, 2.75) is 0 Å². The lowest BCUT2D eigenvalue weighted by Crippen LogP contribution is -2.02. The van der Waals surface area contributed by atoms with Crippen LogP contribution in [0.25, 0.3) is 88.1 Å². The number of hydrogen-bond acceptors (Lipinski definition) is 3. The molecule has 0 saturated heterocycles. The molecule has 10 aromatic rings. The predicted octanol–water partition coefficient (Wildman–Crippen LogP) is 11.2. The molecule has 0 unspecified atom stereocenters. The Kier molecular flexibility index (Phi) is 5.64. The second kappa shape index (κ2) is 10.2. The first-order chi connectivity index (χ1) is 24.2. The standard InChI is InChI=1S/C44H24N4O/c45-25-28-10-9-15-30(27-20-21-35(29(24-27)26-46)47-36-16-5-1-11-31(36)32-12-2-6-17-37(32)47)44(28)48-38-18-7-3-13-33(38)42-39(48)22-23-41-43(42)34-14-4-8-19-40(34)49-41/h1-24H. The molecular weight excluding hydrogens is 601 g/mol. The van der Waals surface area contributed by atoms with E-state index in [-0.39, 0.29) is 0 Å². The lowest BCUT2D eigenvalue weighted by Gasteiger charge is -2.17. The van der Waals surface area contributed by atoms with Crippen molar-refractivity contribution in [2.24, 2.45) is 0 Å². The number of para-hydroxylation sites is 5. The van der Waals surface area contributed by atoms with Gasteiger partial charge in [0.1, 0.15) is 23.3 Å². The van der Waals surface area contributed by atoms with Crippen molar-refractivity contribution in [1.82, 2.24) is 9.13 Å². The van der Waals surface area contributed by atoms with Crippen molar-refractivity contribution in [3.63, 3.8) is 0 Å². The first-order valence-electron chi connectivity index (χ1n) is 16.1. The highest BCUT2D eigenvalue weighted by atomic mass is 16.3. The van der Waals surface area contributed by atoms with E-state index in [2.05, 4.69) is 81.9 Å². The molecule has 0 spiro atoms. The second-order valence-corrected chi connectivity index (χ2v) is 12.3. The largest absolute Gasteiger partial charge is 0.456 e. The summed E-state index contributed by atoms with van der Waals surface area (Å²) in [6.07, 6.45) is 0. The van der Waals surface area contributed by atoms with E-state index in [1.807, 2.05) is 84.9 Å². The van der Waals surface area contributed by atoms with Crippen LogP contribution in [0, 0.1) is 22.7 Å². The van der Waals surface area contributed by atoms with E-state index < -0.39 is 0 Å². The highest BCUT2D eigenvalue weighted by Crippen LogP contribution is 2.43. The van der Waals surface area contributed by atoms with Gasteiger partial charge in [-0.15, -0.1) is 0 Å². The molecule has 5 heteroatoms. The number of aromatic nitrogens is 2. The second-order valence-electron chi connectivity index (χ2n) is 12.3. The average molecular weight is 625 g/mol. The Morgan fingerprint density at radius 3 is 1.80 bits per heavy atom. The third kappa shape index (κ3) is 3.73. The first-order valence-corrected chi connectivity index (χ1v) is 16.1. The summed E-state index contributed by atoms with van der Waals surface area (Å²) >= 11 is 0. The number of nitriles is 2. The molecule has 5 nitrogen and oxygen atoms in total. The van der Waals surface area contributed by atoms with E-state index in [1.165, 1.54) is 0 Å². The molecule has 0 fully saturated rings. The zero-order chi connectivity index (χ0) is 32.6. The van der Waals surface area contributed by atoms with Gasteiger partial charge in [0.15, 0.2) is 0 Å². The van der Waals surface area contributed by atoms with E-state index >= 15 is 0 Å². The van der Waals surface area contributed by atoms with E-state index in [0.717, 1.165) is 88.1 Å². The molecule has 0 amide bonds. The minimum absolute atomic E-state index is 0.544. The maximum atomic E-state index is 10.6. The zero-order valence-corrected chi connectivity index (χ0v) is 26.1. The number of fused-ring (bicyclic) bond motifs is 10. The molecule has 0 saturated carbocycles. The Hall–Kier alpha value is -7.08. The van der Waals surface area contributed by atoms with Crippen molar-refractivity contribution in [3.05, 3.63) is 157 Å². The van der Waals surface area contributed by atoms with E-state index in [4.69, 9.17) is 4.42 Å². The smallest absolute Gasteiger partial charge is 0.136 e. The Labute approximate surface area is 280 Å². The molecular formula is C44H24N4O. The third-order valence-electron chi connectivity index (χ3n) is 9.81. The van der Waals surface area contributed by atoms with Gasteiger partial charge in [-0.1, -0.05) is 91.0 Å². The molecule has 10 rings (SSSR count). The third-order valence-corrected chi connectivity index (χ3v) is 9.81. The molecule has 0 atom stereocenters. The molecule has 0 bridgehead atoms. The van der Waals surface area contributed by atoms with Crippen LogP contribution in [0.5, 0.6) is 0 Å². The van der Waals surface area contributed by atoms with Gasteiger partial charge in [0.25, 0.3) is 0 Å². The first kappa shape index (κ1) is 27.1. The molecule has 0 aliphatic carbocycles. The molecule has 226 valence electrons. The van der Waals surface area contributed by atoms with Gasteiger partial charge < -0.3 is 13.6 Å². The average Bonchev–Trinajstić information content (AvgIpc) is 3.82. The maximum Gasteiger partial charge on any atom is 0.136 e. The molecule has 3 aromatic heterocycles. The summed E-state index contributed by atoms with van der Waals surface area (Å²) in [4.78, 5) is 0. The number of furan rings is 1. The van der Waals surface area contributed by atoms with Gasteiger partial charge in [-0.25, -0.2) is 0 Å². The normalized spacial score (nSPS) is 11.6. The van der Waals surface area contributed by atoms with Crippen molar-refractivity contribution in [2.75, 3.05) is 0 Å². The van der Waals surface area contributed by atoms with Gasteiger partial charge in [0.2, 0.25) is 0 Å². The monoisotopic (exact) mass is 624 g/mol. The van der Waals surface area contributed by atoms with E-state index in [9.17, 15) is 10.5 Å². The minimum Gasteiger partial charge on any atom is -0.456 e. The Bertz CT molecular complexity index is 3030. The fourth-order valence-electron chi connectivity index (χ4n) is 7.79. The van der Waals surface area contributed by atoms with Crippen LogP contribution in [0.3, 0.4) is 0 Å². The van der Waals surface area contributed by atoms with Crippen molar-refractivity contribution in [1.29, 1.82) is 10.5 Å². The summed E-state index contributed by atoms with van der Waals surface area (Å²) in [5, 5.41) is 27.7. The molecule has 0 radical (unpaired) electrons. The van der Waals surface area contributed by atoms with Crippen LogP contribution in [0.2, 0.25) is 0 Å². The zero-order valence-electron chi connectivity index (χ0n) is 26.1. The molecule has 7 aromatic carbocycles. The SMILES string of the molecule is N#Cc1cc(-c2cccc(C#N)c2-n2c3ccccc3c3c4c(ccc32)oc2ccccc24)ccc1-n1c2ccccc2c2ccccc21. The van der Waals surface area contributed by atoms with Gasteiger partial charge in [-0.3, -0.25) is 0 Å². The quantitative estimate of drug-likeness (QED) is 0.196. The number of rotatable bonds is 3.